The summed E-state index contributed by atoms with van der Waals surface area (Å²) in [5.41, 5.74) is 14.9. The van der Waals surface area contributed by atoms with Crippen molar-refractivity contribution in [2.45, 2.75) is 200 Å². The summed E-state index contributed by atoms with van der Waals surface area (Å²) in [5.74, 6) is 0.0703. The molecule has 0 bridgehead atoms. The van der Waals surface area contributed by atoms with Crippen LogP contribution in [0.25, 0.3) is 0 Å². The summed E-state index contributed by atoms with van der Waals surface area (Å²) in [5, 5.41) is 0.202. The molecule has 2 unspecified atom stereocenters. The zero-order valence-electron chi connectivity index (χ0n) is 58.9. The van der Waals surface area contributed by atoms with Gasteiger partial charge in [-0.05, 0) is 210 Å². The highest BCUT2D eigenvalue weighted by Crippen LogP contribution is 2.66. The van der Waals surface area contributed by atoms with Gasteiger partial charge in [0, 0.05) is 56.7 Å². The first kappa shape index (κ1) is 41.0. The van der Waals surface area contributed by atoms with Gasteiger partial charge in [-0.1, -0.05) is 165 Å². The molecule has 1 saturated carbocycles. The summed E-state index contributed by atoms with van der Waals surface area (Å²) in [6.45, 7) is 38.1. The second-order valence-electron chi connectivity index (χ2n) is 29.7. The summed E-state index contributed by atoms with van der Waals surface area (Å²) in [4.78, 5) is 7.72. The van der Waals surface area contributed by atoms with Gasteiger partial charge in [-0.25, -0.2) is 0 Å². The van der Waals surface area contributed by atoms with Crippen molar-refractivity contribution in [2.24, 2.45) is 16.7 Å². The Bertz CT molecular complexity index is 3930. The van der Waals surface area contributed by atoms with Crippen LogP contribution in [0.3, 0.4) is 0 Å². The molecule has 6 aromatic rings. The fraction of sp³-hybridized carbons (Fsp3) is 0.472. The summed E-state index contributed by atoms with van der Waals surface area (Å²) in [7, 11) is 0. The SMILES string of the molecule is [2H]c1c([2H])c([2H])c(N(c2cc3c4c(c2)N(c2ccc5c(c2)C(C)(C)CCC5(C)C)c2cc5c(cc2B4C2=C(C4C(S2)C(C)(C)CCC4(C)C)N3c2ccc3c(c2)C(C)(C)CCC3(C)C)C(C)(C)CCC5(C)C)c2c([2H])c([2H])c([2H])c([2H])c2[2H])c([2H])c1[2H]. The van der Waals surface area contributed by atoms with E-state index in [1.165, 1.54) is 54.2 Å². The normalized spacial score (nSPS) is 26.4. The molecule has 4 aliphatic carbocycles. The zero-order chi connectivity index (χ0) is 63.1. The fourth-order valence-electron chi connectivity index (χ4n) is 15.6. The molecule has 3 aliphatic heterocycles. The third-order valence-electron chi connectivity index (χ3n) is 20.9. The lowest BCUT2D eigenvalue weighted by Gasteiger charge is -2.52. The van der Waals surface area contributed by atoms with Crippen molar-refractivity contribution in [3.8, 4) is 0 Å². The largest absolute Gasteiger partial charge is 0.314 e. The molecule has 7 aliphatic rings. The number of nitrogens with zero attached hydrogens (tertiary/aromatic N) is 3. The highest BCUT2D eigenvalue weighted by atomic mass is 32.2. The number of anilines is 8. The second-order valence-corrected chi connectivity index (χ2v) is 30.9. The zero-order valence-corrected chi connectivity index (χ0v) is 49.7. The van der Waals surface area contributed by atoms with Crippen LogP contribution >= 0.6 is 11.8 Å². The molecule has 6 aromatic carbocycles. The number of allylic oxidation sites excluding steroid dienone is 1. The maximum Gasteiger partial charge on any atom is 0.259 e. The van der Waals surface area contributed by atoms with Crippen LogP contribution in [0, 0.1) is 16.7 Å². The third kappa shape index (κ3) is 7.71. The lowest BCUT2D eigenvalue weighted by Crippen LogP contribution is -2.56. The molecular formula is C72H86BN3S. The first-order valence-electron chi connectivity index (χ1n) is 33.9. The number of rotatable bonds is 5. The van der Waals surface area contributed by atoms with Gasteiger partial charge in [-0.2, -0.15) is 0 Å². The molecule has 3 heterocycles. The average molecular weight is 1050 g/mol. The molecule has 3 nitrogen and oxygen atoms in total. The van der Waals surface area contributed by atoms with E-state index in [4.69, 9.17) is 2.74 Å². The van der Waals surface area contributed by atoms with Gasteiger partial charge in [0.1, 0.15) is 0 Å². The molecule has 0 amide bonds. The maximum absolute atomic E-state index is 9.78. The molecule has 0 saturated heterocycles. The van der Waals surface area contributed by atoms with Gasteiger partial charge >= 0.3 is 0 Å². The molecule has 77 heavy (non-hydrogen) atoms. The maximum atomic E-state index is 9.78. The van der Waals surface area contributed by atoms with E-state index < -0.39 is 60.4 Å². The highest BCUT2D eigenvalue weighted by Gasteiger charge is 2.60. The van der Waals surface area contributed by atoms with Gasteiger partial charge in [0.05, 0.1) is 19.4 Å². The minimum atomic E-state index is -0.597. The van der Waals surface area contributed by atoms with Gasteiger partial charge in [0.2, 0.25) is 0 Å². The van der Waals surface area contributed by atoms with Crippen molar-refractivity contribution < 1.29 is 13.7 Å². The van der Waals surface area contributed by atoms with E-state index in [2.05, 4.69) is 187 Å². The summed E-state index contributed by atoms with van der Waals surface area (Å²) >= 11 is 2.08. The van der Waals surface area contributed by atoms with E-state index in [0.717, 1.165) is 85.3 Å². The van der Waals surface area contributed by atoms with E-state index >= 15 is 0 Å². The standard InChI is InChI=1S/C72H86BN3S/c1-65(2)31-33-67(5,6)52-39-47(27-29-50(52)65)75-57-44-55-54(69(9,10)35-36-70(55,11)12)43-56(57)73-61-58(75)41-49(74(45-23-19-17-20-24-45)46-25-21-18-22-26-46)42-59(61)76(48-28-30-51-53(40-48)68(7,8)34-32-66(51,3)4)62-60-63(77-64(62)73)72(15,16)38-37-71(60,13)14/h17-30,39-44,60,63H,31-38H2,1-16H3/i17D,18D,19D,20D,21D,22D,23D,24D,25D,26D. The van der Waals surface area contributed by atoms with Gasteiger partial charge in [-0.15, -0.1) is 11.8 Å². The molecule has 0 aromatic heterocycles. The third-order valence-corrected chi connectivity index (χ3v) is 22.8. The molecule has 0 N–H and O–H groups in total. The minimum absolute atomic E-state index is 0.0518. The first-order valence-corrected chi connectivity index (χ1v) is 29.8. The van der Waals surface area contributed by atoms with E-state index in [1.807, 2.05) is 6.07 Å². The molecule has 5 heteroatoms. The highest BCUT2D eigenvalue weighted by molar-refractivity contribution is 8.06. The lowest BCUT2D eigenvalue weighted by molar-refractivity contribution is 0.0881. The molecule has 0 radical (unpaired) electrons. The Morgan fingerprint density at radius 1 is 0.442 bits per heavy atom. The van der Waals surface area contributed by atoms with Gasteiger partial charge in [0.25, 0.3) is 6.71 Å². The van der Waals surface area contributed by atoms with Crippen molar-refractivity contribution in [1.82, 2.24) is 0 Å². The topological polar surface area (TPSA) is 9.72 Å². The summed E-state index contributed by atoms with van der Waals surface area (Å²) < 4.78 is 93.7. The van der Waals surface area contributed by atoms with Gasteiger partial charge < -0.3 is 14.7 Å². The minimum Gasteiger partial charge on any atom is -0.314 e. The summed E-state index contributed by atoms with van der Waals surface area (Å²) in [6, 6.07) is 17.6. The predicted molar refractivity (Wildman–Crippen MR) is 334 cm³/mol. The molecular weight excluding hydrogens is 950 g/mol. The number of hydrogen-bond donors (Lipinski definition) is 0. The fourth-order valence-corrected chi connectivity index (χ4v) is 17.6. The number of thioether (sulfide) groups is 1. The molecule has 13 rings (SSSR count). The smallest absolute Gasteiger partial charge is 0.259 e. The predicted octanol–water partition coefficient (Wildman–Crippen LogP) is 19.1. The van der Waals surface area contributed by atoms with E-state index in [0.29, 0.717) is 5.69 Å². The first-order chi connectivity index (χ1) is 40.3. The number of fused-ring (bicyclic) bond motifs is 8. The monoisotopic (exact) mass is 1050 g/mol. The Labute approximate surface area is 482 Å². The van der Waals surface area contributed by atoms with Crippen LogP contribution in [0.5, 0.6) is 0 Å². The van der Waals surface area contributed by atoms with Crippen LogP contribution in [-0.2, 0) is 32.5 Å². The molecule has 398 valence electrons. The second kappa shape index (κ2) is 16.7. The number of hydrogen-bond acceptors (Lipinski definition) is 4. The van der Waals surface area contributed by atoms with E-state index in [1.54, 1.807) is 0 Å². The van der Waals surface area contributed by atoms with Crippen LogP contribution in [0.1, 0.15) is 209 Å². The van der Waals surface area contributed by atoms with Crippen LogP contribution in [0.2, 0.25) is 0 Å². The Kier molecular flexibility index (Phi) is 8.89. The lowest BCUT2D eigenvalue weighted by atomic mass is 9.35. The number of benzene rings is 6. The van der Waals surface area contributed by atoms with Gasteiger partial charge in [-0.3, -0.25) is 0 Å². The van der Waals surface area contributed by atoms with Gasteiger partial charge in [0.15, 0.2) is 0 Å². The van der Waals surface area contributed by atoms with Crippen molar-refractivity contribution in [2.75, 3.05) is 14.7 Å². The van der Waals surface area contributed by atoms with Crippen LogP contribution in [0.15, 0.2) is 132 Å². The molecule has 2 atom stereocenters. The van der Waals surface area contributed by atoms with E-state index in [-0.39, 0.29) is 72.6 Å². The Morgan fingerprint density at radius 2 is 0.857 bits per heavy atom. The summed E-state index contributed by atoms with van der Waals surface area (Å²) in [6.07, 6.45) is 8.27. The van der Waals surface area contributed by atoms with Crippen molar-refractivity contribution in [3.05, 3.63) is 165 Å². The van der Waals surface area contributed by atoms with Crippen molar-refractivity contribution >= 4 is 74.9 Å². The van der Waals surface area contributed by atoms with Crippen LogP contribution in [0.4, 0.5) is 45.5 Å². The average Bonchev–Trinajstić information content (AvgIpc) is 1.66. The molecule has 0 spiro atoms. The Hall–Kier alpha value is -5.13. The van der Waals surface area contributed by atoms with Crippen LogP contribution < -0.4 is 25.6 Å². The van der Waals surface area contributed by atoms with Crippen LogP contribution in [-0.4, -0.2) is 12.0 Å². The van der Waals surface area contributed by atoms with E-state index in [9.17, 15) is 11.0 Å². The van der Waals surface area contributed by atoms with Crippen molar-refractivity contribution in [1.29, 1.82) is 0 Å². The Balaban J connectivity index is 1.25. The quantitative estimate of drug-likeness (QED) is 0.159. The van der Waals surface area contributed by atoms with Crippen molar-refractivity contribution in [3.63, 3.8) is 0 Å². The number of para-hydroxylation sites is 2. The Morgan fingerprint density at radius 3 is 1.35 bits per heavy atom. The molecule has 1 fully saturated rings.